The lowest BCUT2D eigenvalue weighted by Crippen LogP contribution is -2.05. The van der Waals surface area contributed by atoms with E-state index in [1.54, 1.807) is 0 Å². The third-order valence-electron chi connectivity index (χ3n) is 1.95. The van der Waals surface area contributed by atoms with E-state index < -0.39 is 0 Å². The van der Waals surface area contributed by atoms with Crippen molar-refractivity contribution in [3.8, 4) is 0 Å². The van der Waals surface area contributed by atoms with Gasteiger partial charge in [0.15, 0.2) is 0 Å². The largest absolute Gasteiger partial charge is 0.469 e. The van der Waals surface area contributed by atoms with Crippen LogP contribution < -0.4 is 0 Å². The fourth-order valence-electron chi connectivity index (χ4n) is 1.24. The van der Waals surface area contributed by atoms with Crippen molar-refractivity contribution >= 4 is 17.4 Å². The van der Waals surface area contributed by atoms with Gasteiger partial charge in [0.05, 0.1) is 19.2 Å². The van der Waals surface area contributed by atoms with Crippen molar-refractivity contribution in [2.45, 2.75) is 20.3 Å². The van der Waals surface area contributed by atoms with Crippen molar-refractivity contribution in [3.05, 3.63) is 29.8 Å². The number of benzene rings is 1. The molecule has 0 aliphatic carbocycles. The van der Waals surface area contributed by atoms with Crippen molar-refractivity contribution in [1.29, 1.82) is 0 Å². The van der Waals surface area contributed by atoms with Gasteiger partial charge in [0.1, 0.15) is 0 Å². The van der Waals surface area contributed by atoms with Crippen LogP contribution in [0.2, 0.25) is 0 Å². The summed E-state index contributed by atoms with van der Waals surface area (Å²) in [4.78, 5) is 15.3. The topological polar surface area (TPSA) is 38.7 Å². The molecule has 1 aromatic carbocycles. The summed E-state index contributed by atoms with van der Waals surface area (Å²) in [6.45, 7) is 3.83. The molecule has 80 valence electrons. The van der Waals surface area contributed by atoms with Gasteiger partial charge in [0, 0.05) is 5.71 Å². The molecular formula is C12H15NO2. The van der Waals surface area contributed by atoms with E-state index >= 15 is 0 Å². The molecule has 0 aliphatic heterocycles. The van der Waals surface area contributed by atoms with Crippen LogP contribution in [0.3, 0.4) is 0 Å². The zero-order valence-corrected chi connectivity index (χ0v) is 9.28. The van der Waals surface area contributed by atoms with Crippen molar-refractivity contribution in [2.24, 2.45) is 4.99 Å². The molecule has 0 saturated carbocycles. The number of rotatable bonds is 3. The summed E-state index contributed by atoms with van der Waals surface area (Å²) in [6, 6.07) is 7.84. The molecule has 15 heavy (non-hydrogen) atoms. The van der Waals surface area contributed by atoms with E-state index in [1.165, 1.54) is 7.11 Å². The molecule has 0 fully saturated rings. The summed E-state index contributed by atoms with van der Waals surface area (Å²) in [6.07, 6.45) is 0.241. The van der Waals surface area contributed by atoms with Crippen LogP contribution in [0.15, 0.2) is 29.3 Å². The molecule has 0 heterocycles. The predicted octanol–water partition coefficient (Wildman–Crippen LogP) is 2.65. The number of methoxy groups -OCH3 is 1. The maximum atomic E-state index is 11.0. The van der Waals surface area contributed by atoms with E-state index in [0.29, 0.717) is 0 Å². The first-order valence-corrected chi connectivity index (χ1v) is 4.79. The molecule has 0 amide bonds. The molecule has 0 spiro atoms. The Morgan fingerprint density at radius 2 is 2.20 bits per heavy atom. The summed E-state index contributed by atoms with van der Waals surface area (Å²) < 4.78 is 4.56. The zero-order chi connectivity index (χ0) is 11.3. The van der Waals surface area contributed by atoms with Gasteiger partial charge in [-0.25, -0.2) is 0 Å². The predicted molar refractivity (Wildman–Crippen MR) is 60.6 cm³/mol. The number of hydrogen-bond donors (Lipinski definition) is 0. The molecule has 0 aliphatic rings. The number of nitrogens with zero attached hydrogens (tertiary/aromatic N) is 1. The van der Waals surface area contributed by atoms with Gasteiger partial charge in [-0.15, -0.1) is 0 Å². The average molecular weight is 205 g/mol. The van der Waals surface area contributed by atoms with Crippen LogP contribution in [-0.2, 0) is 9.53 Å². The van der Waals surface area contributed by atoms with E-state index in [1.807, 2.05) is 38.1 Å². The molecule has 0 bridgehead atoms. The SMILES string of the molecule is COC(=O)C/C(C)=N\c1cccc(C)c1. The highest BCUT2D eigenvalue weighted by Crippen LogP contribution is 2.14. The molecule has 0 saturated heterocycles. The number of ether oxygens (including phenoxy) is 1. The molecule has 1 aromatic rings. The average Bonchev–Trinajstić information content (AvgIpc) is 2.17. The van der Waals surface area contributed by atoms with Gasteiger partial charge in [0.25, 0.3) is 0 Å². The van der Waals surface area contributed by atoms with Crippen LogP contribution in [0.5, 0.6) is 0 Å². The van der Waals surface area contributed by atoms with Gasteiger partial charge in [0.2, 0.25) is 0 Å². The number of carbonyl (C=O) groups is 1. The Balaban J connectivity index is 2.74. The second kappa shape index (κ2) is 5.29. The summed E-state index contributed by atoms with van der Waals surface area (Å²) in [5.74, 6) is -0.260. The summed E-state index contributed by atoms with van der Waals surface area (Å²) in [5, 5.41) is 0. The number of carbonyl (C=O) groups excluding carboxylic acids is 1. The van der Waals surface area contributed by atoms with Gasteiger partial charge >= 0.3 is 5.97 Å². The maximum absolute atomic E-state index is 11.0. The standard InChI is InChI=1S/C12H15NO2/c1-9-5-4-6-11(7-9)13-10(2)8-12(14)15-3/h4-7H,8H2,1-3H3/b13-10-. The Hall–Kier alpha value is -1.64. The second-order valence-electron chi connectivity index (χ2n) is 3.44. The highest BCUT2D eigenvalue weighted by molar-refractivity contribution is 5.98. The monoisotopic (exact) mass is 205 g/mol. The van der Waals surface area contributed by atoms with Gasteiger partial charge in [-0.05, 0) is 31.5 Å². The maximum Gasteiger partial charge on any atom is 0.311 e. The minimum atomic E-state index is -0.260. The first-order valence-electron chi connectivity index (χ1n) is 4.79. The minimum Gasteiger partial charge on any atom is -0.469 e. The molecule has 0 radical (unpaired) electrons. The molecule has 3 heteroatoms. The number of esters is 1. The lowest BCUT2D eigenvalue weighted by molar-refractivity contribution is -0.139. The fraction of sp³-hybridized carbons (Fsp3) is 0.333. The molecular weight excluding hydrogens is 190 g/mol. The zero-order valence-electron chi connectivity index (χ0n) is 9.28. The Morgan fingerprint density at radius 3 is 2.80 bits per heavy atom. The van der Waals surface area contributed by atoms with E-state index in [9.17, 15) is 4.79 Å². The first kappa shape index (κ1) is 11.4. The second-order valence-corrected chi connectivity index (χ2v) is 3.44. The normalized spacial score (nSPS) is 11.3. The Kier molecular flexibility index (Phi) is 4.03. The molecule has 0 unspecified atom stereocenters. The smallest absolute Gasteiger partial charge is 0.311 e. The summed E-state index contributed by atoms with van der Waals surface area (Å²) >= 11 is 0. The Labute approximate surface area is 89.8 Å². The Bertz CT molecular complexity index is 383. The van der Waals surface area contributed by atoms with E-state index in [2.05, 4.69) is 9.73 Å². The van der Waals surface area contributed by atoms with E-state index in [-0.39, 0.29) is 12.4 Å². The third-order valence-corrected chi connectivity index (χ3v) is 1.95. The highest BCUT2D eigenvalue weighted by Gasteiger charge is 2.02. The van der Waals surface area contributed by atoms with Crippen LogP contribution in [-0.4, -0.2) is 18.8 Å². The summed E-state index contributed by atoms with van der Waals surface area (Å²) in [7, 11) is 1.38. The van der Waals surface area contributed by atoms with Crippen LogP contribution in [0.4, 0.5) is 5.69 Å². The lowest BCUT2D eigenvalue weighted by atomic mass is 10.2. The summed E-state index contributed by atoms with van der Waals surface area (Å²) in [5.41, 5.74) is 2.78. The number of aryl methyl sites for hydroxylation is 1. The van der Waals surface area contributed by atoms with E-state index in [0.717, 1.165) is 17.0 Å². The minimum absolute atomic E-state index is 0.241. The van der Waals surface area contributed by atoms with Crippen molar-refractivity contribution in [2.75, 3.05) is 7.11 Å². The molecule has 0 N–H and O–H groups in total. The van der Waals surface area contributed by atoms with Crippen LogP contribution >= 0.6 is 0 Å². The molecule has 0 atom stereocenters. The van der Waals surface area contributed by atoms with Gasteiger partial charge in [-0.1, -0.05) is 12.1 Å². The molecule has 3 nitrogen and oxygen atoms in total. The Morgan fingerprint density at radius 1 is 1.47 bits per heavy atom. The van der Waals surface area contributed by atoms with E-state index in [4.69, 9.17) is 0 Å². The van der Waals surface area contributed by atoms with Crippen molar-refractivity contribution < 1.29 is 9.53 Å². The van der Waals surface area contributed by atoms with Crippen molar-refractivity contribution in [1.82, 2.24) is 0 Å². The molecule has 0 aromatic heterocycles. The fourth-order valence-corrected chi connectivity index (χ4v) is 1.24. The quantitative estimate of drug-likeness (QED) is 0.562. The van der Waals surface area contributed by atoms with Gasteiger partial charge in [-0.2, -0.15) is 0 Å². The highest BCUT2D eigenvalue weighted by atomic mass is 16.5. The third kappa shape index (κ3) is 3.94. The van der Waals surface area contributed by atoms with Crippen molar-refractivity contribution in [3.63, 3.8) is 0 Å². The van der Waals surface area contributed by atoms with Gasteiger partial charge in [-0.3, -0.25) is 9.79 Å². The number of hydrogen-bond acceptors (Lipinski definition) is 3. The first-order chi connectivity index (χ1) is 7.11. The number of aliphatic imine (C=N–C) groups is 1. The van der Waals surface area contributed by atoms with Crippen LogP contribution in [0.25, 0.3) is 0 Å². The lowest BCUT2D eigenvalue weighted by Gasteiger charge is -2.00. The van der Waals surface area contributed by atoms with Gasteiger partial charge < -0.3 is 4.74 Å². The molecule has 1 rings (SSSR count). The van der Waals surface area contributed by atoms with Crippen LogP contribution in [0, 0.1) is 6.92 Å². The van der Waals surface area contributed by atoms with Crippen LogP contribution in [0.1, 0.15) is 18.9 Å².